The van der Waals surface area contributed by atoms with E-state index in [4.69, 9.17) is 0 Å². The van der Waals surface area contributed by atoms with Gasteiger partial charge in [0.25, 0.3) is 5.91 Å². The van der Waals surface area contributed by atoms with E-state index in [0.29, 0.717) is 17.8 Å². The van der Waals surface area contributed by atoms with Crippen molar-refractivity contribution in [2.75, 3.05) is 44.2 Å². The number of fused-ring (bicyclic) bond motifs is 1. The summed E-state index contributed by atoms with van der Waals surface area (Å²) in [4.78, 5) is 35.5. The molecule has 7 heteroatoms. The fourth-order valence-electron chi connectivity index (χ4n) is 6.62. The van der Waals surface area contributed by atoms with Crippen LogP contribution in [-0.2, 0) is 9.59 Å². The van der Waals surface area contributed by atoms with Gasteiger partial charge in [-0.05, 0) is 55.2 Å². The second kappa shape index (κ2) is 14.4. The number of hydrogen-bond donors (Lipinski definition) is 2. The molecule has 48 heavy (non-hydrogen) atoms. The van der Waals surface area contributed by atoms with Crippen LogP contribution in [0.2, 0.25) is 0 Å². The molecular formula is C41H44N4O3. The van der Waals surface area contributed by atoms with Gasteiger partial charge in [-0.2, -0.15) is 0 Å². The molecule has 0 aromatic heterocycles. The molecule has 2 aliphatic heterocycles. The highest BCUT2D eigenvalue weighted by molar-refractivity contribution is 6.39. The van der Waals surface area contributed by atoms with Crippen molar-refractivity contribution in [3.05, 3.63) is 144 Å². The van der Waals surface area contributed by atoms with Crippen molar-refractivity contribution >= 4 is 34.3 Å². The number of carbonyl (C=O) groups excluding carboxylic acids is 2. The molecule has 0 saturated carbocycles. The van der Waals surface area contributed by atoms with Crippen LogP contribution in [-0.4, -0.2) is 71.6 Å². The number of β-amino-alcohol motifs (C(OH)–C–C–N with tert-alkyl or cyclic N) is 1. The van der Waals surface area contributed by atoms with E-state index in [1.807, 2.05) is 124 Å². The molecule has 1 saturated heterocycles. The molecule has 1 fully saturated rings. The number of allylic oxidation sites excluding steroid dienone is 2. The van der Waals surface area contributed by atoms with E-state index < -0.39 is 11.6 Å². The number of rotatable bonds is 9. The molecule has 6 rings (SSSR count). The van der Waals surface area contributed by atoms with Gasteiger partial charge in [-0.25, -0.2) is 0 Å². The summed E-state index contributed by atoms with van der Waals surface area (Å²) in [6.07, 6.45) is 2.16. The largest absolute Gasteiger partial charge is 0.395 e. The van der Waals surface area contributed by atoms with Gasteiger partial charge in [-0.3, -0.25) is 19.4 Å². The maximum Gasteiger partial charge on any atom is 0.260 e. The molecule has 0 aliphatic carbocycles. The minimum Gasteiger partial charge on any atom is -0.395 e. The lowest BCUT2D eigenvalue weighted by Crippen LogP contribution is -2.48. The summed E-state index contributed by atoms with van der Waals surface area (Å²) in [6.45, 7) is 9.89. The molecule has 246 valence electrons. The lowest BCUT2D eigenvalue weighted by molar-refractivity contribution is -0.126. The first-order chi connectivity index (χ1) is 23.2. The number of carbonyl (C=O) groups is 2. The fraction of sp³-hybridized carbons (Fsp3) is 0.268. The summed E-state index contributed by atoms with van der Waals surface area (Å²) in [5, 5.41) is 12.7. The SMILES string of the molecule is CC(C)(C)NC(=O)C(c1ccccc1)N1C(=O)/C(=C(\C=C(/c2ccccc2)N2CCN(CCO)CC2)c2ccccc2)c2ccccc21. The van der Waals surface area contributed by atoms with Crippen LogP contribution in [0.15, 0.2) is 121 Å². The van der Waals surface area contributed by atoms with Crippen LogP contribution in [0.1, 0.15) is 49.1 Å². The smallest absolute Gasteiger partial charge is 0.260 e. The second-order valence-electron chi connectivity index (χ2n) is 13.3. The normalized spacial score (nSPS) is 17.2. The first kappa shape index (κ1) is 32.9. The molecule has 4 aromatic rings. The first-order valence-corrected chi connectivity index (χ1v) is 16.7. The monoisotopic (exact) mass is 640 g/mol. The Kier molecular flexibility index (Phi) is 9.90. The van der Waals surface area contributed by atoms with Crippen LogP contribution in [0.5, 0.6) is 0 Å². The average molecular weight is 641 g/mol. The molecule has 1 atom stereocenters. The van der Waals surface area contributed by atoms with Crippen molar-refractivity contribution in [3.63, 3.8) is 0 Å². The van der Waals surface area contributed by atoms with Gasteiger partial charge in [0.15, 0.2) is 0 Å². The second-order valence-corrected chi connectivity index (χ2v) is 13.3. The molecule has 2 amide bonds. The Bertz CT molecular complexity index is 1790. The lowest BCUT2D eigenvalue weighted by atomic mass is 9.93. The number of amides is 2. The molecule has 4 aromatic carbocycles. The number of aliphatic hydroxyl groups is 1. The zero-order valence-corrected chi connectivity index (χ0v) is 28.0. The summed E-state index contributed by atoms with van der Waals surface area (Å²) in [7, 11) is 0. The number of piperazine rings is 1. The third kappa shape index (κ3) is 7.13. The Morgan fingerprint density at radius 1 is 0.792 bits per heavy atom. The number of nitrogens with zero attached hydrogens (tertiary/aromatic N) is 3. The Balaban J connectivity index is 1.56. The number of aliphatic hydroxyl groups excluding tert-OH is 1. The van der Waals surface area contributed by atoms with Gasteiger partial charge in [-0.15, -0.1) is 0 Å². The van der Waals surface area contributed by atoms with Crippen molar-refractivity contribution < 1.29 is 14.7 Å². The first-order valence-electron chi connectivity index (χ1n) is 16.7. The van der Waals surface area contributed by atoms with E-state index in [-0.39, 0.29) is 18.4 Å². The van der Waals surface area contributed by atoms with Crippen molar-refractivity contribution in [1.82, 2.24) is 15.1 Å². The van der Waals surface area contributed by atoms with Crippen LogP contribution in [0.4, 0.5) is 5.69 Å². The van der Waals surface area contributed by atoms with Crippen LogP contribution in [0.25, 0.3) is 16.8 Å². The summed E-state index contributed by atoms with van der Waals surface area (Å²) in [5.74, 6) is -0.454. The molecule has 0 spiro atoms. The highest BCUT2D eigenvalue weighted by Gasteiger charge is 2.42. The Labute approximate surface area is 283 Å². The lowest BCUT2D eigenvalue weighted by Gasteiger charge is -2.37. The van der Waals surface area contributed by atoms with E-state index in [1.165, 1.54) is 0 Å². The molecule has 2 heterocycles. The van der Waals surface area contributed by atoms with Crippen LogP contribution < -0.4 is 10.2 Å². The van der Waals surface area contributed by atoms with E-state index in [9.17, 15) is 9.90 Å². The maximum atomic E-state index is 15.1. The van der Waals surface area contributed by atoms with Crippen LogP contribution >= 0.6 is 0 Å². The predicted octanol–water partition coefficient (Wildman–Crippen LogP) is 6.25. The van der Waals surface area contributed by atoms with Gasteiger partial charge < -0.3 is 15.3 Å². The third-order valence-corrected chi connectivity index (χ3v) is 8.82. The standard InChI is InChI=1S/C41H44N4O3/c1-41(2,3)42-39(47)38(32-19-11-6-12-20-32)45-35-22-14-13-21-33(35)37(40(45)48)34(30-15-7-4-8-16-30)29-36(31-17-9-5-10-18-31)44-25-23-43(24-26-44)27-28-46/h4-22,29,38,46H,23-28H2,1-3H3,(H,42,47)/b36-29+,37-34+. The summed E-state index contributed by atoms with van der Waals surface area (Å²) in [6, 6.07) is 36.8. The Hall–Kier alpha value is -4.98. The van der Waals surface area contributed by atoms with Gasteiger partial charge in [0.1, 0.15) is 6.04 Å². The number of hydrogen-bond acceptors (Lipinski definition) is 5. The number of benzene rings is 4. The molecule has 2 aliphatic rings. The van der Waals surface area contributed by atoms with Crippen molar-refractivity contribution in [2.45, 2.75) is 32.4 Å². The highest BCUT2D eigenvalue weighted by Crippen LogP contribution is 2.46. The van der Waals surface area contributed by atoms with Gasteiger partial charge in [0.2, 0.25) is 5.91 Å². The Morgan fingerprint density at radius 2 is 1.35 bits per heavy atom. The maximum absolute atomic E-state index is 15.1. The number of anilines is 1. The van der Waals surface area contributed by atoms with E-state index in [0.717, 1.165) is 59.7 Å². The fourth-order valence-corrected chi connectivity index (χ4v) is 6.62. The summed E-state index contributed by atoms with van der Waals surface area (Å²) < 4.78 is 0. The van der Waals surface area contributed by atoms with Crippen LogP contribution in [0.3, 0.4) is 0 Å². The van der Waals surface area contributed by atoms with E-state index in [1.54, 1.807) is 4.90 Å². The van der Waals surface area contributed by atoms with Crippen molar-refractivity contribution in [2.24, 2.45) is 0 Å². The topological polar surface area (TPSA) is 76.1 Å². The summed E-state index contributed by atoms with van der Waals surface area (Å²) in [5.41, 5.74) is 6.12. The van der Waals surface area contributed by atoms with Crippen LogP contribution in [0, 0.1) is 0 Å². The zero-order valence-electron chi connectivity index (χ0n) is 28.0. The Morgan fingerprint density at radius 3 is 1.96 bits per heavy atom. The van der Waals surface area contributed by atoms with Crippen molar-refractivity contribution in [3.8, 4) is 0 Å². The number of nitrogens with one attached hydrogen (secondary N) is 1. The minimum absolute atomic E-state index is 0.140. The van der Waals surface area contributed by atoms with Gasteiger partial charge in [0, 0.05) is 49.5 Å². The zero-order chi connectivity index (χ0) is 33.7. The molecular weight excluding hydrogens is 596 g/mol. The molecule has 2 N–H and O–H groups in total. The quantitative estimate of drug-likeness (QED) is 0.212. The number of para-hydroxylation sites is 1. The van der Waals surface area contributed by atoms with Crippen molar-refractivity contribution in [1.29, 1.82) is 0 Å². The summed E-state index contributed by atoms with van der Waals surface area (Å²) >= 11 is 0. The van der Waals surface area contributed by atoms with E-state index >= 15 is 4.79 Å². The molecule has 7 nitrogen and oxygen atoms in total. The van der Waals surface area contributed by atoms with Gasteiger partial charge >= 0.3 is 0 Å². The van der Waals surface area contributed by atoms with E-state index in [2.05, 4.69) is 33.3 Å². The predicted molar refractivity (Wildman–Crippen MR) is 194 cm³/mol. The van der Waals surface area contributed by atoms with Gasteiger partial charge in [0.05, 0.1) is 17.9 Å². The average Bonchev–Trinajstić information content (AvgIpc) is 3.37. The highest BCUT2D eigenvalue weighted by atomic mass is 16.3. The molecule has 0 radical (unpaired) electrons. The minimum atomic E-state index is -0.870. The molecule has 1 unspecified atom stereocenters. The van der Waals surface area contributed by atoms with Gasteiger partial charge in [-0.1, -0.05) is 109 Å². The molecule has 0 bridgehead atoms. The third-order valence-electron chi connectivity index (χ3n) is 8.82.